The molecule has 2 N–H and O–H groups in total. The van der Waals surface area contributed by atoms with Gasteiger partial charge < -0.3 is 19.4 Å². The lowest BCUT2D eigenvalue weighted by Crippen LogP contribution is -2.10. The number of nitrogens with zero attached hydrogens (tertiary/aromatic N) is 1. The molecule has 0 aliphatic carbocycles. The fourth-order valence-electron chi connectivity index (χ4n) is 1.79. The first-order valence-electron chi connectivity index (χ1n) is 6.24. The molecular weight excluding hydrogens is 272 g/mol. The Bertz CT molecular complexity index is 729. The van der Waals surface area contributed by atoms with E-state index in [1.807, 2.05) is 0 Å². The molecule has 0 radical (unpaired) electrons. The SMILES string of the molecule is NC(=O)c1ccc(OCc2cc(-c3ccco3)on2)cc1. The summed E-state index contributed by atoms with van der Waals surface area (Å²) in [5.41, 5.74) is 6.24. The number of aromatic nitrogens is 1. The second-order valence-electron chi connectivity index (χ2n) is 4.34. The van der Waals surface area contributed by atoms with Crippen LogP contribution in [0, 0.1) is 0 Å². The molecule has 6 heteroatoms. The number of carbonyl (C=O) groups excluding carboxylic acids is 1. The lowest BCUT2D eigenvalue weighted by molar-refractivity contribution is 0.1000. The maximum absolute atomic E-state index is 11.0. The fraction of sp³-hybridized carbons (Fsp3) is 0.0667. The van der Waals surface area contributed by atoms with Crippen molar-refractivity contribution in [2.75, 3.05) is 0 Å². The zero-order valence-corrected chi connectivity index (χ0v) is 11.0. The summed E-state index contributed by atoms with van der Waals surface area (Å²) in [5.74, 6) is 1.30. The zero-order chi connectivity index (χ0) is 14.7. The summed E-state index contributed by atoms with van der Waals surface area (Å²) >= 11 is 0. The number of nitrogens with two attached hydrogens (primary N) is 1. The average molecular weight is 284 g/mol. The van der Waals surface area contributed by atoms with Gasteiger partial charge in [-0.25, -0.2) is 0 Å². The first kappa shape index (κ1) is 13.0. The Labute approximate surface area is 120 Å². The molecular formula is C15H12N2O4. The molecule has 0 atom stereocenters. The Morgan fingerprint density at radius 1 is 1.19 bits per heavy atom. The lowest BCUT2D eigenvalue weighted by atomic mass is 10.2. The Morgan fingerprint density at radius 2 is 2.00 bits per heavy atom. The minimum Gasteiger partial charge on any atom is -0.487 e. The Hall–Kier alpha value is -3.02. The van der Waals surface area contributed by atoms with Gasteiger partial charge in [-0.1, -0.05) is 5.16 Å². The van der Waals surface area contributed by atoms with Crippen LogP contribution in [0.4, 0.5) is 0 Å². The van der Waals surface area contributed by atoms with Crippen LogP contribution < -0.4 is 10.5 Å². The third-order valence-electron chi connectivity index (χ3n) is 2.85. The smallest absolute Gasteiger partial charge is 0.248 e. The van der Waals surface area contributed by atoms with E-state index in [0.717, 1.165) is 0 Å². The molecule has 1 amide bonds. The van der Waals surface area contributed by atoms with Crippen LogP contribution in [0.3, 0.4) is 0 Å². The number of hydrogen-bond donors (Lipinski definition) is 1. The summed E-state index contributed by atoms with van der Waals surface area (Å²) in [4.78, 5) is 11.0. The van der Waals surface area contributed by atoms with Gasteiger partial charge in [0.25, 0.3) is 0 Å². The van der Waals surface area contributed by atoms with Gasteiger partial charge in [0, 0.05) is 11.6 Å². The molecule has 2 heterocycles. The third kappa shape index (κ3) is 2.94. The Morgan fingerprint density at radius 3 is 2.67 bits per heavy atom. The third-order valence-corrected chi connectivity index (χ3v) is 2.85. The van der Waals surface area contributed by atoms with E-state index in [1.54, 1.807) is 48.7 Å². The molecule has 2 aromatic heterocycles. The number of primary amides is 1. The maximum atomic E-state index is 11.0. The minimum absolute atomic E-state index is 0.250. The zero-order valence-electron chi connectivity index (χ0n) is 11.0. The van der Waals surface area contributed by atoms with Gasteiger partial charge in [0.05, 0.1) is 6.26 Å². The van der Waals surface area contributed by atoms with Crippen LogP contribution in [0.15, 0.2) is 57.7 Å². The van der Waals surface area contributed by atoms with Crippen LogP contribution in [-0.2, 0) is 6.61 Å². The number of hydrogen-bond acceptors (Lipinski definition) is 5. The molecule has 6 nitrogen and oxygen atoms in total. The molecule has 0 aliphatic rings. The molecule has 3 rings (SSSR count). The molecule has 0 aliphatic heterocycles. The second kappa shape index (κ2) is 5.54. The number of benzene rings is 1. The fourth-order valence-corrected chi connectivity index (χ4v) is 1.79. The minimum atomic E-state index is -0.471. The summed E-state index contributed by atoms with van der Waals surface area (Å²) in [6, 6.07) is 11.9. The van der Waals surface area contributed by atoms with Crippen molar-refractivity contribution in [2.24, 2.45) is 5.73 Å². The number of carbonyl (C=O) groups is 1. The monoisotopic (exact) mass is 284 g/mol. The first-order chi connectivity index (χ1) is 10.2. The van der Waals surface area contributed by atoms with E-state index in [2.05, 4.69) is 5.16 Å². The van der Waals surface area contributed by atoms with Crippen molar-refractivity contribution in [3.8, 4) is 17.3 Å². The van der Waals surface area contributed by atoms with Crippen molar-refractivity contribution in [3.05, 3.63) is 60.0 Å². The van der Waals surface area contributed by atoms with E-state index < -0.39 is 5.91 Å². The lowest BCUT2D eigenvalue weighted by Gasteiger charge is -2.03. The molecule has 106 valence electrons. The molecule has 0 fully saturated rings. The van der Waals surface area contributed by atoms with Gasteiger partial charge in [-0.05, 0) is 36.4 Å². The highest BCUT2D eigenvalue weighted by Gasteiger charge is 2.09. The summed E-state index contributed by atoms with van der Waals surface area (Å²) < 4.78 is 15.9. The van der Waals surface area contributed by atoms with Crippen LogP contribution in [-0.4, -0.2) is 11.1 Å². The predicted molar refractivity (Wildman–Crippen MR) is 73.5 cm³/mol. The van der Waals surface area contributed by atoms with Crippen LogP contribution in [0.2, 0.25) is 0 Å². The largest absolute Gasteiger partial charge is 0.487 e. The van der Waals surface area contributed by atoms with Crippen LogP contribution >= 0.6 is 0 Å². The molecule has 0 saturated heterocycles. The van der Waals surface area contributed by atoms with Crippen LogP contribution in [0.25, 0.3) is 11.5 Å². The van der Waals surface area contributed by atoms with Gasteiger partial charge in [-0.3, -0.25) is 4.79 Å². The van der Waals surface area contributed by atoms with E-state index in [1.165, 1.54) is 0 Å². The van der Waals surface area contributed by atoms with Crippen molar-refractivity contribution >= 4 is 5.91 Å². The second-order valence-corrected chi connectivity index (χ2v) is 4.34. The average Bonchev–Trinajstić information content (AvgIpc) is 3.16. The summed E-state index contributed by atoms with van der Waals surface area (Å²) in [6.07, 6.45) is 1.56. The summed E-state index contributed by atoms with van der Waals surface area (Å²) in [5, 5.41) is 3.90. The molecule has 3 aromatic rings. The van der Waals surface area contributed by atoms with Crippen molar-refractivity contribution < 1.29 is 18.5 Å². The van der Waals surface area contributed by atoms with Crippen LogP contribution in [0.1, 0.15) is 16.1 Å². The standard InChI is InChI=1S/C15H12N2O4/c16-15(18)10-3-5-12(6-4-10)20-9-11-8-14(21-17-11)13-2-1-7-19-13/h1-8H,9H2,(H2,16,18). The highest BCUT2D eigenvalue weighted by molar-refractivity contribution is 5.92. The van der Waals surface area contributed by atoms with E-state index in [0.29, 0.717) is 28.5 Å². The van der Waals surface area contributed by atoms with Crippen molar-refractivity contribution in [3.63, 3.8) is 0 Å². The van der Waals surface area contributed by atoms with Gasteiger partial charge in [-0.2, -0.15) is 0 Å². The van der Waals surface area contributed by atoms with E-state index in [4.69, 9.17) is 19.4 Å². The first-order valence-corrected chi connectivity index (χ1v) is 6.24. The molecule has 21 heavy (non-hydrogen) atoms. The molecule has 0 spiro atoms. The van der Waals surface area contributed by atoms with Crippen LogP contribution in [0.5, 0.6) is 5.75 Å². The summed E-state index contributed by atoms with van der Waals surface area (Å²) in [7, 11) is 0. The molecule has 0 unspecified atom stereocenters. The summed E-state index contributed by atoms with van der Waals surface area (Å²) in [6.45, 7) is 0.250. The quantitative estimate of drug-likeness (QED) is 0.777. The Balaban J connectivity index is 1.64. The van der Waals surface area contributed by atoms with Gasteiger partial charge in [0.2, 0.25) is 11.7 Å². The Kier molecular flexibility index (Phi) is 3.42. The highest BCUT2D eigenvalue weighted by atomic mass is 16.5. The number of amides is 1. The number of ether oxygens (including phenoxy) is 1. The van der Waals surface area contributed by atoms with E-state index >= 15 is 0 Å². The van der Waals surface area contributed by atoms with Gasteiger partial charge in [0.15, 0.2) is 5.76 Å². The van der Waals surface area contributed by atoms with Gasteiger partial charge in [-0.15, -0.1) is 0 Å². The van der Waals surface area contributed by atoms with E-state index in [-0.39, 0.29) is 6.61 Å². The molecule has 0 bridgehead atoms. The van der Waals surface area contributed by atoms with Crippen molar-refractivity contribution in [2.45, 2.75) is 6.61 Å². The van der Waals surface area contributed by atoms with E-state index in [9.17, 15) is 4.79 Å². The topological polar surface area (TPSA) is 91.5 Å². The highest BCUT2D eigenvalue weighted by Crippen LogP contribution is 2.21. The number of furan rings is 1. The predicted octanol–water partition coefficient (Wildman–Crippen LogP) is 2.61. The molecule has 1 aromatic carbocycles. The van der Waals surface area contributed by atoms with Crippen molar-refractivity contribution in [1.82, 2.24) is 5.16 Å². The van der Waals surface area contributed by atoms with Gasteiger partial charge >= 0.3 is 0 Å². The van der Waals surface area contributed by atoms with Gasteiger partial charge in [0.1, 0.15) is 18.1 Å². The maximum Gasteiger partial charge on any atom is 0.248 e. The molecule has 0 saturated carbocycles. The van der Waals surface area contributed by atoms with Crippen molar-refractivity contribution in [1.29, 1.82) is 0 Å². The normalized spacial score (nSPS) is 10.5. The number of rotatable bonds is 5.